The maximum atomic E-state index is 13.7. The van der Waals surface area contributed by atoms with Gasteiger partial charge in [0.25, 0.3) is 5.91 Å². The second-order valence-electron chi connectivity index (χ2n) is 11.2. The number of halogens is 3. The van der Waals surface area contributed by atoms with Crippen molar-refractivity contribution in [3.63, 3.8) is 0 Å². The van der Waals surface area contributed by atoms with Crippen LogP contribution in [0, 0.1) is 0 Å². The molecule has 1 saturated heterocycles. The van der Waals surface area contributed by atoms with Gasteiger partial charge in [-0.25, -0.2) is 4.68 Å². The molecule has 6 rings (SSSR count). The lowest BCUT2D eigenvalue weighted by molar-refractivity contribution is -0.137. The average Bonchev–Trinajstić information content (AvgIpc) is 3.51. The van der Waals surface area contributed by atoms with E-state index in [2.05, 4.69) is 27.6 Å². The maximum absolute atomic E-state index is 13.7. The van der Waals surface area contributed by atoms with Crippen LogP contribution in [0.4, 0.5) is 18.9 Å². The van der Waals surface area contributed by atoms with Crippen LogP contribution in [0.5, 0.6) is 5.75 Å². The molecule has 230 valence electrons. The van der Waals surface area contributed by atoms with Crippen molar-refractivity contribution in [1.82, 2.24) is 19.9 Å². The third-order valence-corrected chi connectivity index (χ3v) is 7.85. The average molecular weight is 612 g/mol. The standard InChI is InChI=1S/C35H32F3N5O2/c1-42-17-15-29(16-18-42)45-30-13-14-31(32(21-30)25-9-5-11-27(19-25)35(36,37)38)26-10-6-12-28(20-26)39-34(44)33-23-43(41-40-33)22-24-7-3-2-4-8-24/h2-14,19-21,23,29H,15-18,22H2,1H3,(H,39,44). The van der Waals surface area contributed by atoms with Crippen molar-refractivity contribution >= 4 is 11.6 Å². The molecule has 1 aliphatic heterocycles. The van der Waals surface area contributed by atoms with E-state index < -0.39 is 17.6 Å². The monoisotopic (exact) mass is 611 g/mol. The highest BCUT2D eigenvalue weighted by Crippen LogP contribution is 2.39. The number of amides is 1. The zero-order chi connectivity index (χ0) is 31.4. The van der Waals surface area contributed by atoms with E-state index in [-0.39, 0.29) is 11.8 Å². The first-order valence-corrected chi connectivity index (χ1v) is 14.7. The SMILES string of the molecule is CN1CCC(Oc2ccc(-c3cccc(NC(=O)c4cn(Cc5ccccc5)nn4)c3)c(-c3cccc(C(F)(F)F)c3)c2)CC1. The van der Waals surface area contributed by atoms with Crippen LogP contribution in [0.2, 0.25) is 0 Å². The topological polar surface area (TPSA) is 72.3 Å². The van der Waals surface area contributed by atoms with Crippen molar-refractivity contribution in [3.8, 4) is 28.0 Å². The van der Waals surface area contributed by atoms with Gasteiger partial charge in [0, 0.05) is 18.8 Å². The minimum atomic E-state index is -4.48. The molecule has 0 saturated carbocycles. The second-order valence-corrected chi connectivity index (χ2v) is 11.2. The predicted octanol–water partition coefficient (Wildman–Crippen LogP) is 7.40. The number of ether oxygens (including phenoxy) is 1. The van der Waals surface area contributed by atoms with Crippen LogP contribution in [0.3, 0.4) is 0 Å². The normalized spacial score (nSPS) is 14.3. The minimum absolute atomic E-state index is 0.0330. The van der Waals surface area contributed by atoms with E-state index >= 15 is 0 Å². The van der Waals surface area contributed by atoms with Gasteiger partial charge < -0.3 is 15.0 Å². The Morgan fingerprint density at radius 3 is 2.38 bits per heavy atom. The van der Waals surface area contributed by atoms with Crippen LogP contribution in [0.15, 0.2) is 103 Å². The molecule has 2 heterocycles. The summed E-state index contributed by atoms with van der Waals surface area (Å²) in [6.45, 7) is 2.32. The summed E-state index contributed by atoms with van der Waals surface area (Å²) in [7, 11) is 2.07. The fourth-order valence-corrected chi connectivity index (χ4v) is 5.46. The summed E-state index contributed by atoms with van der Waals surface area (Å²) in [4.78, 5) is 15.3. The van der Waals surface area contributed by atoms with Gasteiger partial charge in [0.1, 0.15) is 11.9 Å². The number of alkyl halides is 3. The largest absolute Gasteiger partial charge is 0.490 e. The van der Waals surface area contributed by atoms with Crippen molar-refractivity contribution in [1.29, 1.82) is 0 Å². The molecule has 0 atom stereocenters. The van der Waals surface area contributed by atoms with Crippen molar-refractivity contribution in [2.45, 2.75) is 31.7 Å². The molecule has 0 radical (unpaired) electrons. The number of benzene rings is 4. The van der Waals surface area contributed by atoms with Crippen LogP contribution < -0.4 is 10.1 Å². The first-order chi connectivity index (χ1) is 21.7. The number of nitrogens with zero attached hydrogens (tertiary/aromatic N) is 4. The molecular formula is C35H32F3N5O2. The zero-order valence-electron chi connectivity index (χ0n) is 24.7. The third kappa shape index (κ3) is 7.41. The van der Waals surface area contributed by atoms with Gasteiger partial charge in [-0.2, -0.15) is 13.2 Å². The summed E-state index contributed by atoms with van der Waals surface area (Å²) >= 11 is 0. The van der Waals surface area contributed by atoms with Crippen molar-refractivity contribution in [2.24, 2.45) is 0 Å². The summed E-state index contributed by atoms with van der Waals surface area (Å²) in [5, 5.41) is 11.0. The van der Waals surface area contributed by atoms with Gasteiger partial charge in [-0.05, 0) is 84.1 Å². The molecule has 7 nitrogen and oxygen atoms in total. The van der Waals surface area contributed by atoms with E-state index in [1.807, 2.05) is 48.5 Å². The number of carbonyl (C=O) groups is 1. The zero-order valence-corrected chi connectivity index (χ0v) is 24.7. The molecule has 1 amide bonds. The van der Waals surface area contributed by atoms with Crippen molar-refractivity contribution in [3.05, 3.63) is 120 Å². The van der Waals surface area contributed by atoms with E-state index in [0.717, 1.165) is 49.2 Å². The fraction of sp³-hybridized carbons (Fsp3) is 0.229. The molecule has 5 aromatic rings. The molecule has 1 N–H and O–H groups in total. The number of hydrogen-bond donors (Lipinski definition) is 1. The van der Waals surface area contributed by atoms with Gasteiger partial charge >= 0.3 is 6.18 Å². The molecule has 45 heavy (non-hydrogen) atoms. The van der Waals surface area contributed by atoms with Crippen LogP contribution in [-0.2, 0) is 12.7 Å². The number of rotatable bonds is 8. The van der Waals surface area contributed by atoms with E-state index in [4.69, 9.17) is 4.74 Å². The first-order valence-electron chi connectivity index (χ1n) is 14.7. The first kappa shape index (κ1) is 30.1. The van der Waals surface area contributed by atoms with Gasteiger partial charge in [0.05, 0.1) is 18.3 Å². The van der Waals surface area contributed by atoms with Gasteiger partial charge in [-0.1, -0.05) is 65.9 Å². The Labute approximate surface area is 259 Å². The molecular weight excluding hydrogens is 579 g/mol. The minimum Gasteiger partial charge on any atom is -0.490 e. The molecule has 1 aromatic heterocycles. The predicted molar refractivity (Wildman–Crippen MR) is 167 cm³/mol. The quantitative estimate of drug-likeness (QED) is 0.198. The fourth-order valence-electron chi connectivity index (χ4n) is 5.46. The van der Waals surface area contributed by atoms with Crippen LogP contribution in [0.1, 0.15) is 34.5 Å². The van der Waals surface area contributed by atoms with Crippen LogP contribution in [-0.4, -0.2) is 52.0 Å². The Bertz CT molecular complexity index is 1780. The molecule has 0 spiro atoms. The summed E-state index contributed by atoms with van der Waals surface area (Å²) in [5.74, 6) is 0.176. The van der Waals surface area contributed by atoms with Gasteiger partial charge in [0.2, 0.25) is 0 Å². The Balaban J connectivity index is 1.27. The number of anilines is 1. The Hall–Kier alpha value is -4.96. The number of carbonyl (C=O) groups excluding carboxylic acids is 1. The van der Waals surface area contributed by atoms with E-state index in [1.165, 1.54) is 6.07 Å². The Morgan fingerprint density at radius 2 is 1.62 bits per heavy atom. The lowest BCUT2D eigenvalue weighted by atomic mass is 9.93. The number of piperidine rings is 1. The van der Waals surface area contributed by atoms with Crippen LogP contribution in [0.25, 0.3) is 22.3 Å². The van der Waals surface area contributed by atoms with Crippen LogP contribution >= 0.6 is 0 Å². The van der Waals surface area contributed by atoms with Gasteiger partial charge in [0.15, 0.2) is 5.69 Å². The molecule has 0 aliphatic carbocycles. The molecule has 1 aliphatic rings. The Kier molecular flexibility index (Phi) is 8.66. The highest BCUT2D eigenvalue weighted by atomic mass is 19.4. The number of nitrogens with one attached hydrogen (secondary N) is 1. The molecule has 10 heteroatoms. The summed E-state index contributed by atoms with van der Waals surface area (Å²) in [6.07, 6.45) is -1.12. The summed E-state index contributed by atoms with van der Waals surface area (Å²) in [5.41, 5.74) is 3.41. The number of hydrogen-bond acceptors (Lipinski definition) is 5. The summed E-state index contributed by atoms with van der Waals surface area (Å²) < 4.78 is 48.9. The number of aromatic nitrogens is 3. The van der Waals surface area contributed by atoms with Crippen molar-refractivity contribution in [2.75, 3.05) is 25.5 Å². The van der Waals surface area contributed by atoms with Gasteiger partial charge in [-0.3, -0.25) is 4.79 Å². The number of likely N-dealkylation sites (tertiary alicyclic amines) is 1. The molecule has 0 bridgehead atoms. The molecule has 4 aromatic carbocycles. The maximum Gasteiger partial charge on any atom is 0.416 e. The van der Waals surface area contributed by atoms with E-state index in [0.29, 0.717) is 34.7 Å². The van der Waals surface area contributed by atoms with E-state index in [9.17, 15) is 18.0 Å². The smallest absolute Gasteiger partial charge is 0.416 e. The van der Waals surface area contributed by atoms with Crippen molar-refractivity contribution < 1.29 is 22.7 Å². The Morgan fingerprint density at radius 1 is 0.889 bits per heavy atom. The molecule has 1 fully saturated rings. The lowest BCUT2D eigenvalue weighted by Gasteiger charge is -2.29. The van der Waals surface area contributed by atoms with E-state index in [1.54, 1.807) is 41.2 Å². The highest BCUT2D eigenvalue weighted by molar-refractivity contribution is 6.03. The third-order valence-electron chi connectivity index (χ3n) is 7.85. The lowest BCUT2D eigenvalue weighted by Crippen LogP contribution is -2.35. The van der Waals surface area contributed by atoms with Gasteiger partial charge in [-0.15, -0.1) is 5.10 Å². The summed E-state index contributed by atoms with van der Waals surface area (Å²) in [6, 6.07) is 27.7. The highest BCUT2D eigenvalue weighted by Gasteiger charge is 2.30. The second kappa shape index (κ2) is 13.0. The molecule has 0 unspecified atom stereocenters.